The summed E-state index contributed by atoms with van der Waals surface area (Å²) in [5.41, 5.74) is -0.704. The highest BCUT2D eigenvalue weighted by molar-refractivity contribution is 5.90. The summed E-state index contributed by atoms with van der Waals surface area (Å²) in [7, 11) is 0. The maximum atomic E-state index is 11.5. The Morgan fingerprint density at radius 3 is 2.89 bits per heavy atom. The fourth-order valence-electron chi connectivity index (χ4n) is 2.45. The van der Waals surface area contributed by atoms with Crippen LogP contribution in [-0.2, 0) is 9.53 Å². The van der Waals surface area contributed by atoms with Crippen molar-refractivity contribution in [2.45, 2.75) is 24.2 Å². The highest BCUT2D eigenvalue weighted by Crippen LogP contribution is 2.40. The standard InChI is InChI=1S/C13H12O5/c14-8-3-1-2-7(4-8)9-5-13(17)6-10(11(9)15)18-12(13)16/h1-5,10-11,14-15,17H,6H2/t10-,11-,13+/m1/s1. The lowest BCUT2D eigenvalue weighted by Gasteiger charge is -2.26. The lowest BCUT2D eigenvalue weighted by Crippen LogP contribution is -2.37. The number of carbonyl (C=O) groups excluding carboxylic acids is 1. The number of phenols is 1. The zero-order valence-electron chi connectivity index (χ0n) is 9.41. The van der Waals surface area contributed by atoms with Crippen molar-refractivity contribution in [1.82, 2.24) is 0 Å². The van der Waals surface area contributed by atoms with Gasteiger partial charge in [0.25, 0.3) is 0 Å². The van der Waals surface area contributed by atoms with Crippen molar-refractivity contribution in [2.24, 2.45) is 0 Å². The summed E-state index contributed by atoms with van der Waals surface area (Å²) in [6.45, 7) is 0. The number of aromatic hydroxyl groups is 1. The predicted octanol–water partition coefficient (Wildman–Crippen LogP) is 0.197. The highest BCUT2D eigenvalue weighted by atomic mass is 16.6. The van der Waals surface area contributed by atoms with E-state index in [0.717, 1.165) is 0 Å². The minimum atomic E-state index is -1.66. The van der Waals surface area contributed by atoms with E-state index in [2.05, 4.69) is 0 Å². The van der Waals surface area contributed by atoms with Gasteiger partial charge in [-0.25, -0.2) is 4.79 Å². The van der Waals surface area contributed by atoms with Crippen molar-refractivity contribution in [2.75, 3.05) is 0 Å². The lowest BCUT2D eigenvalue weighted by molar-refractivity contribution is -0.152. The van der Waals surface area contributed by atoms with Gasteiger partial charge < -0.3 is 20.1 Å². The van der Waals surface area contributed by atoms with Gasteiger partial charge in [0.2, 0.25) is 0 Å². The van der Waals surface area contributed by atoms with E-state index in [1.807, 2.05) is 0 Å². The molecule has 1 aromatic carbocycles. The van der Waals surface area contributed by atoms with Gasteiger partial charge in [0, 0.05) is 6.42 Å². The Kier molecular flexibility index (Phi) is 2.23. The van der Waals surface area contributed by atoms with Crippen LogP contribution in [0.3, 0.4) is 0 Å². The van der Waals surface area contributed by atoms with Crippen LogP contribution in [0.15, 0.2) is 30.3 Å². The van der Waals surface area contributed by atoms with Gasteiger partial charge >= 0.3 is 5.97 Å². The number of aliphatic hydroxyl groups excluding tert-OH is 1. The summed E-state index contributed by atoms with van der Waals surface area (Å²) in [6, 6.07) is 6.28. The molecule has 1 fully saturated rings. The Morgan fingerprint density at radius 1 is 1.39 bits per heavy atom. The van der Waals surface area contributed by atoms with E-state index >= 15 is 0 Å². The molecule has 5 heteroatoms. The zero-order chi connectivity index (χ0) is 12.9. The predicted molar refractivity (Wildman–Crippen MR) is 61.5 cm³/mol. The number of rotatable bonds is 1. The van der Waals surface area contributed by atoms with E-state index in [-0.39, 0.29) is 12.2 Å². The molecule has 18 heavy (non-hydrogen) atoms. The van der Waals surface area contributed by atoms with Gasteiger partial charge in [-0.1, -0.05) is 12.1 Å². The Balaban J connectivity index is 2.09. The topological polar surface area (TPSA) is 87.0 Å². The summed E-state index contributed by atoms with van der Waals surface area (Å²) < 4.78 is 4.93. The molecule has 0 aromatic heterocycles. The van der Waals surface area contributed by atoms with Gasteiger partial charge in [0.05, 0.1) is 0 Å². The number of esters is 1. The third kappa shape index (κ3) is 1.52. The van der Waals surface area contributed by atoms with Crippen LogP contribution in [0, 0.1) is 0 Å². The van der Waals surface area contributed by atoms with Crippen LogP contribution in [-0.4, -0.2) is 39.1 Å². The van der Waals surface area contributed by atoms with Crippen molar-refractivity contribution < 1.29 is 24.9 Å². The molecule has 0 unspecified atom stereocenters. The summed E-state index contributed by atoms with van der Waals surface area (Å²) >= 11 is 0. The van der Waals surface area contributed by atoms with Crippen LogP contribution in [0.4, 0.5) is 0 Å². The number of fused-ring (bicyclic) bond motifs is 2. The monoisotopic (exact) mass is 248 g/mol. The smallest absolute Gasteiger partial charge is 0.342 e. The van der Waals surface area contributed by atoms with Crippen molar-refractivity contribution in [1.29, 1.82) is 0 Å². The molecule has 1 saturated heterocycles. The van der Waals surface area contributed by atoms with E-state index in [1.165, 1.54) is 18.2 Å². The Morgan fingerprint density at radius 2 is 2.17 bits per heavy atom. The average molecular weight is 248 g/mol. The molecule has 0 saturated carbocycles. The van der Waals surface area contributed by atoms with E-state index in [0.29, 0.717) is 11.1 Å². The summed E-state index contributed by atoms with van der Waals surface area (Å²) in [5.74, 6) is -0.681. The number of carbonyl (C=O) groups is 1. The van der Waals surface area contributed by atoms with Crippen molar-refractivity contribution in [3.8, 4) is 5.75 Å². The SMILES string of the molecule is O=C1O[C@@H]2C[C@@]1(O)C=C(c1cccc(O)c1)[C@H]2O. The molecule has 3 atom stereocenters. The maximum Gasteiger partial charge on any atom is 0.342 e. The summed E-state index contributed by atoms with van der Waals surface area (Å²) in [5, 5.41) is 29.6. The third-order valence-electron chi connectivity index (χ3n) is 3.37. The Labute approximate surface area is 103 Å². The second-order valence-corrected chi connectivity index (χ2v) is 4.67. The van der Waals surface area contributed by atoms with Crippen molar-refractivity contribution >= 4 is 11.5 Å². The fraction of sp³-hybridized carbons (Fsp3) is 0.308. The number of hydrogen-bond donors (Lipinski definition) is 3. The normalized spacial score (nSPS) is 34.1. The number of ether oxygens (including phenoxy) is 1. The molecule has 3 rings (SSSR count). The first-order valence-corrected chi connectivity index (χ1v) is 5.63. The molecule has 2 bridgehead atoms. The first-order valence-electron chi connectivity index (χ1n) is 5.63. The first-order chi connectivity index (χ1) is 8.49. The van der Waals surface area contributed by atoms with Crippen LogP contribution in [0.5, 0.6) is 5.75 Å². The number of phenolic OH excluding ortho intramolecular Hbond substituents is 1. The Bertz CT molecular complexity index is 550. The van der Waals surface area contributed by atoms with Crippen molar-refractivity contribution in [3.63, 3.8) is 0 Å². The summed E-state index contributed by atoms with van der Waals surface area (Å²) in [6.07, 6.45) is -0.337. The van der Waals surface area contributed by atoms with Crippen LogP contribution >= 0.6 is 0 Å². The minimum Gasteiger partial charge on any atom is -0.508 e. The van der Waals surface area contributed by atoms with E-state index in [4.69, 9.17) is 4.74 Å². The quantitative estimate of drug-likeness (QED) is 0.618. The zero-order valence-corrected chi connectivity index (χ0v) is 9.41. The van der Waals surface area contributed by atoms with E-state index in [9.17, 15) is 20.1 Å². The molecule has 5 nitrogen and oxygen atoms in total. The van der Waals surface area contributed by atoms with Crippen LogP contribution in [0.2, 0.25) is 0 Å². The lowest BCUT2D eigenvalue weighted by atomic mass is 9.83. The van der Waals surface area contributed by atoms with Gasteiger partial charge in [-0.2, -0.15) is 0 Å². The highest BCUT2D eigenvalue weighted by Gasteiger charge is 2.53. The molecule has 1 aliphatic heterocycles. The molecule has 94 valence electrons. The molecule has 0 amide bonds. The van der Waals surface area contributed by atoms with Crippen LogP contribution < -0.4 is 0 Å². The van der Waals surface area contributed by atoms with Gasteiger partial charge in [0.15, 0.2) is 5.60 Å². The van der Waals surface area contributed by atoms with Crippen molar-refractivity contribution in [3.05, 3.63) is 35.9 Å². The van der Waals surface area contributed by atoms with Gasteiger partial charge in [-0.15, -0.1) is 0 Å². The number of hydrogen-bond acceptors (Lipinski definition) is 5. The molecular formula is C13H12O5. The average Bonchev–Trinajstić information content (AvgIpc) is 2.58. The second-order valence-electron chi connectivity index (χ2n) is 4.67. The molecular weight excluding hydrogens is 236 g/mol. The summed E-state index contributed by atoms with van der Waals surface area (Å²) in [4.78, 5) is 11.5. The molecule has 1 heterocycles. The minimum absolute atomic E-state index is 0.0535. The molecule has 1 aromatic rings. The van der Waals surface area contributed by atoms with Gasteiger partial charge in [-0.05, 0) is 29.3 Å². The molecule has 1 aliphatic carbocycles. The molecule has 3 N–H and O–H groups in total. The van der Waals surface area contributed by atoms with E-state index < -0.39 is 23.8 Å². The van der Waals surface area contributed by atoms with Crippen LogP contribution in [0.1, 0.15) is 12.0 Å². The number of benzene rings is 1. The first kappa shape index (κ1) is 11.3. The van der Waals surface area contributed by atoms with Crippen LogP contribution in [0.25, 0.3) is 5.57 Å². The van der Waals surface area contributed by atoms with E-state index in [1.54, 1.807) is 12.1 Å². The second kappa shape index (κ2) is 3.57. The largest absolute Gasteiger partial charge is 0.508 e. The molecule has 0 spiro atoms. The molecule has 0 radical (unpaired) electrons. The third-order valence-corrected chi connectivity index (χ3v) is 3.37. The number of aliphatic hydroxyl groups is 2. The Hall–Kier alpha value is -1.85. The van der Waals surface area contributed by atoms with Gasteiger partial charge in [-0.3, -0.25) is 0 Å². The fourth-order valence-corrected chi connectivity index (χ4v) is 2.45. The van der Waals surface area contributed by atoms with Gasteiger partial charge in [0.1, 0.15) is 18.0 Å². The maximum absolute atomic E-state index is 11.5. The molecule has 2 aliphatic rings.